The van der Waals surface area contributed by atoms with E-state index >= 15 is 0 Å². The number of nitrogens with zero attached hydrogens (tertiary/aromatic N) is 4. The van der Waals surface area contributed by atoms with Gasteiger partial charge in [-0.3, -0.25) is 14.6 Å². The lowest BCUT2D eigenvalue weighted by atomic mass is 9.91. The van der Waals surface area contributed by atoms with Crippen LogP contribution in [-0.4, -0.2) is 34.3 Å². The zero-order valence-electron chi connectivity index (χ0n) is 29.5. The van der Waals surface area contributed by atoms with E-state index in [2.05, 4.69) is 116 Å². The summed E-state index contributed by atoms with van der Waals surface area (Å²) in [5.74, 6) is 1.33. The first-order valence-electron chi connectivity index (χ1n) is 16.9. The van der Waals surface area contributed by atoms with Crippen molar-refractivity contribution in [1.82, 2.24) is 14.9 Å². The molecule has 0 bridgehead atoms. The summed E-state index contributed by atoms with van der Waals surface area (Å²) in [4.78, 5) is 14.3. The van der Waals surface area contributed by atoms with Gasteiger partial charge in [-0.2, -0.15) is 4.98 Å². The Morgan fingerprint density at radius 3 is 2.38 bits per heavy atom. The normalized spacial score (nSPS) is 14.4. The van der Waals surface area contributed by atoms with Crippen molar-refractivity contribution in [2.24, 2.45) is 15.9 Å². The molecule has 2 heterocycles. The molecule has 1 aliphatic heterocycles. The van der Waals surface area contributed by atoms with E-state index in [1.54, 1.807) is 0 Å². The SMILES string of the molecule is C=C1CN=C(c2ccccc2-c2ccc(Cn3c(OCC)nc4cccc(C(=C)CC(C)CC/C(C)=C(\C)N=C(C)C(=C)C)c43)cc2)N1. The molecular formula is C42H49N5O. The van der Waals surface area contributed by atoms with E-state index in [0.717, 1.165) is 92.2 Å². The number of imidazole rings is 1. The fraction of sp³-hybridized carbons (Fsp3) is 0.310. The van der Waals surface area contributed by atoms with Gasteiger partial charge in [0.2, 0.25) is 0 Å². The molecule has 1 unspecified atom stereocenters. The van der Waals surface area contributed by atoms with Crippen molar-refractivity contribution in [3.8, 4) is 17.1 Å². The summed E-state index contributed by atoms with van der Waals surface area (Å²) < 4.78 is 8.29. The van der Waals surface area contributed by atoms with E-state index in [1.165, 1.54) is 5.57 Å². The van der Waals surface area contributed by atoms with Crippen LogP contribution in [0.5, 0.6) is 6.01 Å². The zero-order chi connectivity index (χ0) is 34.4. The molecule has 4 aromatic rings. The Balaban J connectivity index is 1.37. The van der Waals surface area contributed by atoms with Gasteiger partial charge < -0.3 is 10.1 Å². The molecular weight excluding hydrogens is 590 g/mol. The number of hydrogen-bond donors (Lipinski definition) is 1. The highest BCUT2D eigenvalue weighted by Gasteiger charge is 2.19. The number of aromatic nitrogens is 2. The molecule has 1 N–H and O–H groups in total. The van der Waals surface area contributed by atoms with Gasteiger partial charge in [-0.1, -0.05) is 92.9 Å². The van der Waals surface area contributed by atoms with Crippen LogP contribution in [0.25, 0.3) is 27.7 Å². The maximum atomic E-state index is 6.09. The van der Waals surface area contributed by atoms with Gasteiger partial charge in [0, 0.05) is 28.2 Å². The van der Waals surface area contributed by atoms with Crippen molar-refractivity contribution in [3.05, 3.63) is 126 Å². The molecule has 248 valence electrons. The molecule has 6 nitrogen and oxygen atoms in total. The second-order valence-corrected chi connectivity index (χ2v) is 13.0. The summed E-state index contributed by atoms with van der Waals surface area (Å²) in [7, 11) is 0. The second-order valence-electron chi connectivity index (χ2n) is 13.0. The van der Waals surface area contributed by atoms with Crippen LogP contribution in [0.4, 0.5) is 0 Å². The third-order valence-corrected chi connectivity index (χ3v) is 9.07. The highest BCUT2D eigenvalue weighted by molar-refractivity contribution is 6.06. The number of para-hydroxylation sites is 1. The first kappa shape index (κ1) is 34.4. The van der Waals surface area contributed by atoms with E-state index in [0.29, 0.717) is 31.6 Å². The topological polar surface area (TPSA) is 63.8 Å². The number of ether oxygens (including phenoxy) is 1. The number of amidine groups is 1. The molecule has 1 aromatic heterocycles. The molecule has 0 radical (unpaired) electrons. The molecule has 0 aliphatic carbocycles. The molecule has 6 heteroatoms. The van der Waals surface area contributed by atoms with Crippen LogP contribution in [0.15, 0.2) is 119 Å². The molecule has 0 saturated carbocycles. The molecule has 1 atom stereocenters. The van der Waals surface area contributed by atoms with Crippen LogP contribution in [0.3, 0.4) is 0 Å². The monoisotopic (exact) mass is 639 g/mol. The highest BCUT2D eigenvalue weighted by atomic mass is 16.5. The van der Waals surface area contributed by atoms with Crippen molar-refractivity contribution < 1.29 is 4.74 Å². The third kappa shape index (κ3) is 7.93. The Morgan fingerprint density at radius 1 is 0.979 bits per heavy atom. The minimum absolute atomic E-state index is 0.461. The molecule has 0 spiro atoms. The predicted molar refractivity (Wildman–Crippen MR) is 204 cm³/mol. The van der Waals surface area contributed by atoms with Crippen LogP contribution in [0, 0.1) is 5.92 Å². The number of nitrogens with one attached hydrogen (secondary N) is 1. The van der Waals surface area contributed by atoms with Crippen LogP contribution < -0.4 is 10.1 Å². The molecule has 1 aliphatic rings. The number of rotatable bonds is 14. The van der Waals surface area contributed by atoms with Gasteiger partial charge in [0.05, 0.1) is 30.7 Å². The van der Waals surface area contributed by atoms with E-state index in [1.807, 2.05) is 26.8 Å². The highest BCUT2D eigenvalue weighted by Crippen LogP contribution is 2.34. The first-order valence-corrected chi connectivity index (χ1v) is 16.9. The van der Waals surface area contributed by atoms with E-state index in [-0.39, 0.29) is 0 Å². The Bertz CT molecular complexity index is 1940. The Hall–Kier alpha value is -4.97. The Kier molecular flexibility index (Phi) is 10.9. The third-order valence-electron chi connectivity index (χ3n) is 9.07. The Labute approximate surface area is 286 Å². The zero-order valence-corrected chi connectivity index (χ0v) is 29.5. The second kappa shape index (κ2) is 15.3. The largest absolute Gasteiger partial charge is 0.465 e. The van der Waals surface area contributed by atoms with Gasteiger partial charge in [-0.25, -0.2) is 0 Å². The predicted octanol–water partition coefficient (Wildman–Crippen LogP) is 10.2. The molecule has 3 aromatic carbocycles. The fourth-order valence-electron chi connectivity index (χ4n) is 6.04. The maximum absolute atomic E-state index is 6.09. The molecule has 0 saturated heterocycles. The molecule has 5 rings (SSSR count). The van der Waals surface area contributed by atoms with Crippen molar-refractivity contribution in [2.75, 3.05) is 13.2 Å². The van der Waals surface area contributed by atoms with E-state index < -0.39 is 0 Å². The summed E-state index contributed by atoms with van der Waals surface area (Å²) >= 11 is 0. The van der Waals surface area contributed by atoms with Crippen molar-refractivity contribution >= 4 is 28.2 Å². The van der Waals surface area contributed by atoms with Gasteiger partial charge in [0.1, 0.15) is 5.84 Å². The lowest BCUT2D eigenvalue weighted by Gasteiger charge is -2.17. The number of benzene rings is 3. The lowest BCUT2D eigenvalue weighted by molar-refractivity contribution is 0.301. The quantitative estimate of drug-likeness (QED) is 0.140. The van der Waals surface area contributed by atoms with Gasteiger partial charge in [-0.05, 0) is 93.7 Å². The average molecular weight is 640 g/mol. The maximum Gasteiger partial charge on any atom is 0.297 e. The summed E-state index contributed by atoms with van der Waals surface area (Å²) in [6.45, 7) is 27.0. The van der Waals surface area contributed by atoms with Crippen molar-refractivity contribution in [2.45, 2.75) is 67.3 Å². The van der Waals surface area contributed by atoms with Crippen LogP contribution >= 0.6 is 0 Å². The minimum Gasteiger partial charge on any atom is -0.465 e. The van der Waals surface area contributed by atoms with Crippen LogP contribution in [0.2, 0.25) is 0 Å². The number of hydrogen-bond acceptors (Lipinski definition) is 5. The lowest BCUT2D eigenvalue weighted by Crippen LogP contribution is -2.18. The summed E-state index contributed by atoms with van der Waals surface area (Å²) in [6.07, 6.45) is 2.97. The summed E-state index contributed by atoms with van der Waals surface area (Å²) in [5, 5.41) is 3.32. The van der Waals surface area contributed by atoms with Gasteiger partial charge in [0.15, 0.2) is 0 Å². The smallest absolute Gasteiger partial charge is 0.297 e. The van der Waals surface area contributed by atoms with Gasteiger partial charge in [-0.15, -0.1) is 0 Å². The number of aliphatic imine (C=N–C) groups is 2. The summed E-state index contributed by atoms with van der Waals surface area (Å²) in [5.41, 5.74) is 14.1. The van der Waals surface area contributed by atoms with Crippen molar-refractivity contribution in [1.29, 1.82) is 0 Å². The van der Waals surface area contributed by atoms with E-state index in [4.69, 9.17) is 14.7 Å². The Morgan fingerprint density at radius 2 is 1.71 bits per heavy atom. The molecule has 48 heavy (non-hydrogen) atoms. The average Bonchev–Trinajstić information content (AvgIpc) is 3.66. The van der Waals surface area contributed by atoms with Crippen LogP contribution in [0.1, 0.15) is 77.5 Å². The van der Waals surface area contributed by atoms with Gasteiger partial charge in [0.25, 0.3) is 6.01 Å². The van der Waals surface area contributed by atoms with Crippen LogP contribution in [-0.2, 0) is 6.54 Å². The van der Waals surface area contributed by atoms with Crippen molar-refractivity contribution in [3.63, 3.8) is 0 Å². The van der Waals surface area contributed by atoms with E-state index in [9.17, 15) is 0 Å². The minimum atomic E-state index is 0.461. The standard InChI is InChI=1S/C42H49N5O/c1-10-48-42-46-39-17-13-16-36(30(6)24-28(4)18-19-29(5)33(9)45-32(8)27(2)3)40(39)47(42)26-34-20-22-35(23-21-34)37-14-11-12-15-38(37)41-43-25-31(7)44-41/h11-17,20-23,28H,2,6-7,10,18-19,24-26H2,1,3-5,8-9H3,(H,43,44)/b33-29+,45-32?. The fourth-order valence-corrected chi connectivity index (χ4v) is 6.04. The number of fused-ring (bicyclic) bond motifs is 1. The summed E-state index contributed by atoms with van der Waals surface area (Å²) in [6, 6.07) is 24.0. The molecule has 0 fully saturated rings. The van der Waals surface area contributed by atoms with Gasteiger partial charge >= 0.3 is 0 Å². The first-order chi connectivity index (χ1) is 23.0. The number of allylic oxidation sites excluding steroid dienone is 4. The molecule has 0 amide bonds.